The van der Waals surface area contributed by atoms with Crippen LogP contribution in [0.3, 0.4) is 0 Å². The first-order chi connectivity index (χ1) is 13.4. The van der Waals surface area contributed by atoms with E-state index in [1.165, 1.54) is 42.6 Å². The molecule has 8 heteroatoms. The minimum atomic E-state index is -0.893. The molecule has 3 rings (SSSR count). The SMILES string of the molecule is CC(COc1cccc(F)c1)NC(=O)C(=O)Nc1cnc2c(F)cccc2c1. The van der Waals surface area contributed by atoms with Gasteiger partial charge in [-0.05, 0) is 31.2 Å². The van der Waals surface area contributed by atoms with Gasteiger partial charge in [0, 0.05) is 11.5 Å². The number of nitrogens with one attached hydrogen (secondary N) is 2. The Bertz CT molecular complexity index is 1030. The van der Waals surface area contributed by atoms with Crippen LogP contribution in [0.4, 0.5) is 14.5 Å². The molecule has 28 heavy (non-hydrogen) atoms. The van der Waals surface area contributed by atoms with Gasteiger partial charge in [-0.3, -0.25) is 14.6 Å². The number of amides is 2. The van der Waals surface area contributed by atoms with Crippen molar-refractivity contribution in [2.24, 2.45) is 0 Å². The lowest BCUT2D eigenvalue weighted by Crippen LogP contribution is -2.43. The highest BCUT2D eigenvalue weighted by molar-refractivity contribution is 6.39. The largest absolute Gasteiger partial charge is 0.491 e. The maximum atomic E-state index is 13.6. The maximum Gasteiger partial charge on any atom is 0.313 e. The van der Waals surface area contributed by atoms with Crippen LogP contribution in [0.1, 0.15) is 6.92 Å². The molecule has 3 aromatic rings. The number of para-hydroxylation sites is 1. The van der Waals surface area contributed by atoms with Crippen molar-refractivity contribution in [1.29, 1.82) is 0 Å². The molecule has 2 amide bonds. The fraction of sp³-hybridized carbons (Fsp3) is 0.150. The zero-order chi connectivity index (χ0) is 20.1. The normalized spacial score (nSPS) is 11.7. The lowest BCUT2D eigenvalue weighted by atomic mass is 10.2. The van der Waals surface area contributed by atoms with Gasteiger partial charge in [0.1, 0.15) is 29.5 Å². The Morgan fingerprint density at radius 1 is 1.11 bits per heavy atom. The van der Waals surface area contributed by atoms with Crippen molar-refractivity contribution < 1.29 is 23.1 Å². The second-order valence-electron chi connectivity index (χ2n) is 6.13. The molecule has 1 atom stereocenters. The van der Waals surface area contributed by atoms with Gasteiger partial charge in [-0.1, -0.05) is 18.2 Å². The Balaban J connectivity index is 1.54. The number of carbonyl (C=O) groups is 2. The summed E-state index contributed by atoms with van der Waals surface area (Å²) in [4.78, 5) is 28.0. The number of aromatic nitrogens is 1. The number of hydrogen-bond donors (Lipinski definition) is 2. The van der Waals surface area contributed by atoms with E-state index in [1.54, 1.807) is 19.1 Å². The summed E-state index contributed by atoms with van der Waals surface area (Å²) < 4.78 is 32.1. The van der Waals surface area contributed by atoms with Crippen LogP contribution in [-0.2, 0) is 9.59 Å². The molecule has 1 unspecified atom stereocenters. The number of carbonyl (C=O) groups excluding carboxylic acids is 2. The third kappa shape index (κ3) is 4.79. The zero-order valence-electron chi connectivity index (χ0n) is 14.9. The summed E-state index contributed by atoms with van der Waals surface area (Å²) in [5.41, 5.74) is 0.440. The van der Waals surface area contributed by atoms with Gasteiger partial charge < -0.3 is 15.4 Å². The van der Waals surface area contributed by atoms with Gasteiger partial charge in [0.2, 0.25) is 0 Å². The molecular weight excluding hydrogens is 368 g/mol. The standard InChI is InChI=1S/C20H17F2N3O3/c1-12(11-28-16-6-3-5-14(21)9-16)24-19(26)20(27)25-15-8-13-4-2-7-17(22)18(13)23-10-15/h2-10,12H,11H2,1H3,(H,24,26)(H,25,27). The topological polar surface area (TPSA) is 80.3 Å². The zero-order valence-corrected chi connectivity index (χ0v) is 14.9. The van der Waals surface area contributed by atoms with E-state index >= 15 is 0 Å². The molecule has 1 aromatic heterocycles. The molecule has 2 aromatic carbocycles. The van der Waals surface area contributed by atoms with Crippen LogP contribution >= 0.6 is 0 Å². The molecule has 0 saturated heterocycles. The van der Waals surface area contributed by atoms with Gasteiger partial charge in [-0.25, -0.2) is 8.78 Å². The molecule has 0 spiro atoms. The summed E-state index contributed by atoms with van der Waals surface area (Å²) in [5.74, 6) is -2.34. The van der Waals surface area contributed by atoms with E-state index < -0.39 is 29.5 Å². The molecule has 0 aliphatic heterocycles. The fourth-order valence-electron chi connectivity index (χ4n) is 2.49. The monoisotopic (exact) mass is 385 g/mol. The number of ether oxygens (including phenoxy) is 1. The number of hydrogen-bond acceptors (Lipinski definition) is 4. The first kappa shape index (κ1) is 19.2. The van der Waals surface area contributed by atoms with Gasteiger partial charge in [0.15, 0.2) is 0 Å². The first-order valence-electron chi connectivity index (χ1n) is 8.47. The second-order valence-corrected chi connectivity index (χ2v) is 6.13. The predicted octanol–water partition coefficient (Wildman–Crippen LogP) is 3.04. The first-order valence-corrected chi connectivity index (χ1v) is 8.47. The second kappa shape index (κ2) is 8.43. The molecule has 0 fully saturated rings. The summed E-state index contributed by atoms with van der Waals surface area (Å²) >= 11 is 0. The number of benzene rings is 2. The van der Waals surface area contributed by atoms with E-state index in [0.717, 1.165) is 0 Å². The van der Waals surface area contributed by atoms with Crippen molar-refractivity contribution in [2.45, 2.75) is 13.0 Å². The molecule has 2 N–H and O–H groups in total. The number of fused-ring (bicyclic) bond motifs is 1. The minimum Gasteiger partial charge on any atom is -0.491 e. The van der Waals surface area contributed by atoms with Crippen LogP contribution in [0.5, 0.6) is 5.75 Å². The van der Waals surface area contributed by atoms with Gasteiger partial charge in [0.25, 0.3) is 0 Å². The predicted molar refractivity (Wildman–Crippen MR) is 99.8 cm³/mol. The van der Waals surface area contributed by atoms with Crippen LogP contribution in [0, 0.1) is 11.6 Å². The van der Waals surface area contributed by atoms with Gasteiger partial charge in [0.05, 0.1) is 17.9 Å². The van der Waals surface area contributed by atoms with Gasteiger partial charge >= 0.3 is 11.8 Å². The van der Waals surface area contributed by atoms with Crippen molar-refractivity contribution in [3.05, 3.63) is 66.4 Å². The highest BCUT2D eigenvalue weighted by Crippen LogP contribution is 2.19. The third-order valence-electron chi connectivity index (χ3n) is 3.80. The van der Waals surface area contributed by atoms with Gasteiger partial charge in [-0.2, -0.15) is 0 Å². The Hall–Kier alpha value is -3.55. The number of nitrogens with zero attached hydrogens (tertiary/aromatic N) is 1. The van der Waals surface area contributed by atoms with E-state index in [-0.39, 0.29) is 17.8 Å². The number of rotatable bonds is 5. The van der Waals surface area contributed by atoms with Crippen LogP contribution in [0.2, 0.25) is 0 Å². The summed E-state index contributed by atoms with van der Waals surface area (Å²) in [7, 11) is 0. The highest BCUT2D eigenvalue weighted by atomic mass is 19.1. The van der Waals surface area contributed by atoms with Crippen molar-refractivity contribution in [3.63, 3.8) is 0 Å². The summed E-state index contributed by atoms with van der Waals surface area (Å²) in [6, 6.07) is 11.1. The average Bonchev–Trinajstić information content (AvgIpc) is 2.66. The number of pyridine rings is 1. The quantitative estimate of drug-likeness (QED) is 0.662. The summed E-state index contributed by atoms with van der Waals surface area (Å²) in [6.07, 6.45) is 1.27. The molecule has 0 radical (unpaired) electrons. The maximum absolute atomic E-state index is 13.6. The number of anilines is 1. The van der Waals surface area contributed by atoms with E-state index in [1.807, 2.05) is 0 Å². The molecule has 0 bridgehead atoms. The van der Waals surface area contributed by atoms with Crippen molar-refractivity contribution in [2.75, 3.05) is 11.9 Å². The van der Waals surface area contributed by atoms with Gasteiger partial charge in [-0.15, -0.1) is 0 Å². The van der Waals surface area contributed by atoms with Crippen LogP contribution < -0.4 is 15.4 Å². The smallest absolute Gasteiger partial charge is 0.313 e. The molecule has 6 nitrogen and oxygen atoms in total. The fourth-order valence-corrected chi connectivity index (χ4v) is 2.49. The molecule has 0 saturated carbocycles. The highest BCUT2D eigenvalue weighted by Gasteiger charge is 2.17. The Kier molecular flexibility index (Phi) is 5.78. The van der Waals surface area contributed by atoms with Crippen molar-refractivity contribution >= 4 is 28.4 Å². The van der Waals surface area contributed by atoms with Crippen LogP contribution in [0.25, 0.3) is 10.9 Å². The molecule has 1 heterocycles. The Morgan fingerprint density at radius 2 is 1.89 bits per heavy atom. The molecular formula is C20H17F2N3O3. The number of halogens is 2. The van der Waals surface area contributed by atoms with Crippen LogP contribution in [0.15, 0.2) is 54.7 Å². The van der Waals surface area contributed by atoms with E-state index in [9.17, 15) is 18.4 Å². The lowest BCUT2D eigenvalue weighted by molar-refractivity contribution is -0.136. The van der Waals surface area contributed by atoms with E-state index in [4.69, 9.17) is 4.74 Å². The average molecular weight is 385 g/mol. The summed E-state index contributed by atoms with van der Waals surface area (Å²) in [5, 5.41) is 5.39. The van der Waals surface area contributed by atoms with Crippen molar-refractivity contribution in [1.82, 2.24) is 10.3 Å². The van der Waals surface area contributed by atoms with Crippen LogP contribution in [-0.4, -0.2) is 29.4 Å². The molecule has 0 aliphatic rings. The minimum absolute atomic E-state index is 0.0548. The third-order valence-corrected chi connectivity index (χ3v) is 3.80. The Morgan fingerprint density at radius 3 is 2.68 bits per heavy atom. The Labute approximate surface area is 159 Å². The van der Waals surface area contributed by atoms with E-state index in [0.29, 0.717) is 11.1 Å². The molecule has 144 valence electrons. The molecule has 0 aliphatic carbocycles. The lowest BCUT2D eigenvalue weighted by Gasteiger charge is -2.15. The van der Waals surface area contributed by atoms with E-state index in [2.05, 4.69) is 15.6 Å². The van der Waals surface area contributed by atoms with Crippen molar-refractivity contribution in [3.8, 4) is 5.75 Å². The summed E-state index contributed by atoms with van der Waals surface area (Å²) in [6.45, 7) is 1.70.